The molecule has 0 fully saturated rings. The van der Waals surface area contributed by atoms with Crippen molar-refractivity contribution in [1.82, 2.24) is 9.13 Å². The lowest BCUT2D eigenvalue weighted by atomic mass is 9.82. The molecule has 2 aliphatic rings. The highest BCUT2D eigenvalue weighted by Gasteiger charge is 2.40. The molecular formula is C45H30N2S2. The fourth-order valence-corrected chi connectivity index (χ4v) is 11.1. The lowest BCUT2D eigenvalue weighted by molar-refractivity contribution is 0.642. The number of benzene rings is 7. The summed E-state index contributed by atoms with van der Waals surface area (Å²) >= 11 is 3.85. The highest BCUT2D eigenvalue weighted by atomic mass is 32.2. The zero-order valence-corrected chi connectivity index (χ0v) is 28.7. The zero-order valence-electron chi connectivity index (χ0n) is 27.1. The number of hydrogen-bond donors (Lipinski definition) is 0. The fraction of sp³-hybridized carbons (Fsp3) is 0.0667. The van der Waals surface area contributed by atoms with Crippen LogP contribution in [0.3, 0.4) is 0 Å². The summed E-state index contributed by atoms with van der Waals surface area (Å²) in [5, 5.41) is 5.10. The van der Waals surface area contributed by atoms with Gasteiger partial charge in [0.05, 0.1) is 22.1 Å². The summed E-state index contributed by atoms with van der Waals surface area (Å²) in [6.07, 6.45) is 0. The minimum Gasteiger partial charge on any atom is -0.309 e. The van der Waals surface area contributed by atoms with E-state index in [4.69, 9.17) is 0 Å². The number of aromatic nitrogens is 2. The Labute approximate surface area is 293 Å². The molecule has 1 aliphatic heterocycles. The Morgan fingerprint density at radius 3 is 1.61 bits per heavy atom. The molecule has 0 atom stereocenters. The van der Waals surface area contributed by atoms with Gasteiger partial charge in [0.25, 0.3) is 0 Å². The summed E-state index contributed by atoms with van der Waals surface area (Å²) in [4.78, 5) is 5.48. The second-order valence-corrected chi connectivity index (χ2v) is 15.9. The Morgan fingerprint density at radius 1 is 0.429 bits per heavy atom. The smallest absolute Gasteiger partial charge is 0.0542 e. The van der Waals surface area contributed by atoms with Crippen LogP contribution in [0, 0.1) is 0 Å². The number of fused-ring (bicyclic) bond motifs is 12. The summed E-state index contributed by atoms with van der Waals surface area (Å²) in [6.45, 7) is 4.83. The van der Waals surface area contributed by atoms with E-state index in [1.807, 2.05) is 23.5 Å². The van der Waals surface area contributed by atoms with E-state index in [9.17, 15) is 0 Å². The molecule has 1 aliphatic carbocycles. The zero-order chi connectivity index (χ0) is 32.4. The van der Waals surface area contributed by atoms with Crippen molar-refractivity contribution in [3.63, 3.8) is 0 Å². The van der Waals surface area contributed by atoms with Gasteiger partial charge in [0.2, 0.25) is 0 Å². The van der Waals surface area contributed by atoms with Crippen LogP contribution < -0.4 is 0 Å². The molecule has 4 heteroatoms. The first-order valence-electron chi connectivity index (χ1n) is 16.9. The van der Waals surface area contributed by atoms with Crippen LogP contribution in [-0.2, 0) is 5.41 Å². The van der Waals surface area contributed by atoms with E-state index in [1.165, 1.54) is 96.8 Å². The third-order valence-electron chi connectivity index (χ3n) is 10.7. The molecule has 2 nitrogen and oxygen atoms in total. The van der Waals surface area contributed by atoms with Crippen LogP contribution in [0.5, 0.6) is 0 Å². The molecule has 49 heavy (non-hydrogen) atoms. The van der Waals surface area contributed by atoms with Gasteiger partial charge in [-0.2, -0.15) is 0 Å². The maximum absolute atomic E-state index is 2.47. The molecule has 0 unspecified atom stereocenters. The molecule has 232 valence electrons. The topological polar surface area (TPSA) is 9.86 Å². The maximum atomic E-state index is 2.47. The molecule has 0 bridgehead atoms. The molecule has 0 spiro atoms. The molecule has 0 radical (unpaired) electrons. The molecule has 2 aromatic heterocycles. The van der Waals surface area contributed by atoms with Crippen molar-refractivity contribution >= 4 is 67.1 Å². The van der Waals surface area contributed by atoms with Crippen molar-refractivity contribution in [3.8, 4) is 22.5 Å². The van der Waals surface area contributed by atoms with Gasteiger partial charge < -0.3 is 9.13 Å². The van der Waals surface area contributed by atoms with Gasteiger partial charge in [-0.1, -0.05) is 116 Å². The minimum atomic E-state index is -0.131. The van der Waals surface area contributed by atoms with E-state index in [1.54, 1.807) is 0 Å². The molecular weight excluding hydrogens is 633 g/mol. The lowest BCUT2D eigenvalue weighted by Crippen LogP contribution is -2.17. The van der Waals surface area contributed by atoms with Crippen LogP contribution in [0.1, 0.15) is 25.0 Å². The molecule has 0 saturated heterocycles. The molecule has 3 heterocycles. The summed E-state index contributed by atoms with van der Waals surface area (Å²) < 4.78 is 4.89. The normalized spacial score (nSPS) is 14.3. The molecule has 9 aromatic rings. The van der Waals surface area contributed by atoms with Gasteiger partial charge in [0.1, 0.15) is 0 Å². The monoisotopic (exact) mass is 662 g/mol. The largest absolute Gasteiger partial charge is 0.309 e. The summed E-state index contributed by atoms with van der Waals surface area (Å²) in [5.74, 6) is 0. The predicted molar refractivity (Wildman–Crippen MR) is 207 cm³/mol. The molecule has 0 N–H and O–H groups in total. The van der Waals surface area contributed by atoms with E-state index in [-0.39, 0.29) is 5.41 Å². The third-order valence-corrected chi connectivity index (χ3v) is 13.3. The maximum Gasteiger partial charge on any atom is 0.0542 e. The average Bonchev–Trinajstić information content (AvgIpc) is 3.73. The predicted octanol–water partition coefficient (Wildman–Crippen LogP) is 12.8. The van der Waals surface area contributed by atoms with Crippen LogP contribution in [0.4, 0.5) is 0 Å². The van der Waals surface area contributed by atoms with Crippen molar-refractivity contribution in [1.29, 1.82) is 0 Å². The SMILES string of the molecule is CC1(C)c2cc(-n3c4ccccc4c4cc(-n5c6ccccc6c6ccccc65)ccc43)ccc2-c2ccc3c(c21)Sc1ccccc1S3. The first-order chi connectivity index (χ1) is 24.1. The van der Waals surface area contributed by atoms with E-state index in [0.29, 0.717) is 0 Å². The Morgan fingerprint density at radius 2 is 0.939 bits per heavy atom. The van der Waals surface area contributed by atoms with Gasteiger partial charge in [-0.15, -0.1) is 0 Å². The second-order valence-electron chi connectivity index (χ2n) is 13.7. The number of rotatable bonds is 2. The van der Waals surface area contributed by atoms with E-state index < -0.39 is 0 Å². The van der Waals surface area contributed by atoms with Crippen LogP contribution in [-0.4, -0.2) is 9.13 Å². The molecule has 0 saturated carbocycles. The molecule has 11 rings (SSSR count). The first-order valence-corrected chi connectivity index (χ1v) is 18.5. The van der Waals surface area contributed by atoms with Crippen LogP contribution in [0.15, 0.2) is 165 Å². The van der Waals surface area contributed by atoms with E-state index in [0.717, 1.165) is 0 Å². The van der Waals surface area contributed by atoms with Crippen molar-refractivity contribution in [2.24, 2.45) is 0 Å². The Hall–Kier alpha value is -5.16. The highest BCUT2D eigenvalue weighted by Crippen LogP contribution is 2.58. The Kier molecular flexibility index (Phi) is 5.63. The highest BCUT2D eigenvalue weighted by molar-refractivity contribution is 8.05. The van der Waals surface area contributed by atoms with Crippen LogP contribution >= 0.6 is 23.5 Å². The fourth-order valence-electron chi connectivity index (χ4n) is 8.57. The summed E-state index contributed by atoms with van der Waals surface area (Å²) in [6, 6.07) is 54.0. The average molecular weight is 663 g/mol. The quantitative estimate of drug-likeness (QED) is 0.182. The second kappa shape index (κ2) is 9.94. The summed E-state index contributed by atoms with van der Waals surface area (Å²) in [7, 11) is 0. The van der Waals surface area contributed by atoms with Crippen molar-refractivity contribution in [2.45, 2.75) is 38.8 Å². The van der Waals surface area contributed by atoms with E-state index >= 15 is 0 Å². The number of hydrogen-bond acceptors (Lipinski definition) is 2. The van der Waals surface area contributed by atoms with Crippen molar-refractivity contribution in [2.75, 3.05) is 0 Å². The third kappa shape index (κ3) is 3.76. The van der Waals surface area contributed by atoms with Gasteiger partial charge in [-0.05, 0) is 89.0 Å². The van der Waals surface area contributed by atoms with Gasteiger partial charge in [-0.3, -0.25) is 0 Å². The standard InChI is InChI=1S/C45H30N2S2/c1-45(2)35-26-28(19-21-29(35)33-22-24-42-44(43(33)45)49-41-18-10-9-17-40(41)48-42)47-38-16-8-5-13-32(38)34-25-27(20-23-39(34)47)46-36-14-6-3-11-30(36)31-12-4-7-15-37(31)46/h3-26H,1-2H3. The van der Waals surface area contributed by atoms with Gasteiger partial charge in [0, 0.05) is 57.9 Å². The van der Waals surface area contributed by atoms with Gasteiger partial charge in [-0.25, -0.2) is 0 Å². The molecule has 7 aromatic carbocycles. The minimum absolute atomic E-state index is 0.131. The van der Waals surface area contributed by atoms with Gasteiger partial charge >= 0.3 is 0 Å². The lowest BCUT2D eigenvalue weighted by Gasteiger charge is -2.28. The van der Waals surface area contributed by atoms with Crippen LogP contribution in [0.2, 0.25) is 0 Å². The Bertz CT molecular complexity index is 2820. The summed E-state index contributed by atoms with van der Waals surface area (Å²) in [5.41, 5.74) is 12.7. The van der Waals surface area contributed by atoms with Crippen LogP contribution in [0.25, 0.3) is 66.1 Å². The number of para-hydroxylation sites is 3. The first kappa shape index (κ1) is 27.8. The number of nitrogens with zero attached hydrogens (tertiary/aromatic N) is 2. The van der Waals surface area contributed by atoms with Crippen molar-refractivity contribution < 1.29 is 0 Å². The molecule has 0 amide bonds. The Balaban J connectivity index is 1.09. The van der Waals surface area contributed by atoms with Gasteiger partial charge in [0.15, 0.2) is 0 Å². The van der Waals surface area contributed by atoms with Crippen molar-refractivity contribution in [3.05, 3.63) is 157 Å². The van der Waals surface area contributed by atoms with E-state index in [2.05, 4.69) is 169 Å².